The summed E-state index contributed by atoms with van der Waals surface area (Å²) in [6, 6.07) is 8.15. The van der Waals surface area contributed by atoms with Crippen molar-refractivity contribution in [2.75, 3.05) is 11.4 Å². The lowest BCUT2D eigenvalue weighted by Crippen LogP contribution is -2.50. The van der Waals surface area contributed by atoms with Gasteiger partial charge in [-0.2, -0.15) is 0 Å². The Bertz CT molecular complexity index is 462. The minimum absolute atomic E-state index is 0.119. The monoisotopic (exact) mass is 292 g/mol. The van der Waals surface area contributed by atoms with Crippen LogP contribution in [-0.2, 0) is 9.59 Å². The number of rotatable bonds is 8. The number of amides is 1. The number of carboxylic acids is 1. The topological polar surface area (TPSA) is 69.6 Å². The molecule has 0 saturated heterocycles. The summed E-state index contributed by atoms with van der Waals surface area (Å²) in [5.74, 6) is -1.04. The van der Waals surface area contributed by atoms with Crippen molar-refractivity contribution in [3.05, 3.63) is 30.3 Å². The van der Waals surface area contributed by atoms with Gasteiger partial charge in [0.05, 0.1) is 6.04 Å². The van der Waals surface area contributed by atoms with Gasteiger partial charge in [0, 0.05) is 12.2 Å². The fourth-order valence-corrected chi connectivity index (χ4v) is 2.25. The first kappa shape index (κ1) is 17.2. The molecule has 0 radical (unpaired) electrons. The minimum atomic E-state index is -0.917. The molecule has 0 aliphatic rings. The lowest BCUT2D eigenvalue weighted by molar-refractivity contribution is -0.140. The Morgan fingerprint density at radius 2 is 1.86 bits per heavy atom. The van der Waals surface area contributed by atoms with Crippen molar-refractivity contribution < 1.29 is 14.7 Å². The molecule has 1 aromatic rings. The highest BCUT2D eigenvalue weighted by Gasteiger charge is 2.25. The van der Waals surface area contributed by atoms with E-state index >= 15 is 0 Å². The van der Waals surface area contributed by atoms with Gasteiger partial charge < -0.3 is 10.0 Å². The predicted molar refractivity (Wildman–Crippen MR) is 83.4 cm³/mol. The number of carboxylic acid groups (broad SMARTS) is 1. The van der Waals surface area contributed by atoms with Crippen molar-refractivity contribution >= 4 is 17.6 Å². The highest BCUT2D eigenvalue weighted by atomic mass is 16.4. The van der Waals surface area contributed by atoms with E-state index in [2.05, 4.69) is 5.32 Å². The summed E-state index contributed by atoms with van der Waals surface area (Å²) in [7, 11) is 0. The third kappa shape index (κ3) is 4.86. The zero-order valence-corrected chi connectivity index (χ0v) is 12.9. The second-order valence-corrected chi connectivity index (χ2v) is 4.99. The molecule has 0 fully saturated rings. The van der Waals surface area contributed by atoms with E-state index in [1.807, 2.05) is 44.2 Å². The van der Waals surface area contributed by atoms with Gasteiger partial charge in [0.2, 0.25) is 5.91 Å². The van der Waals surface area contributed by atoms with Crippen LogP contribution in [-0.4, -0.2) is 35.6 Å². The number of hydrogen-bond donors (Lipinski definition) is 2. The van der Waals surface area contributed by atoms with Crippen molar-refractivity contribution in [1.82, 2.24) is 5.32 Å². The van der Waals surface area contributed by atoms with Crippen LogP contribution < -0.4 is 10.2 Å². The quantitative estimate of drug-likeness (QED) is 0.771. The first-order valence-corrected chi connectivity index (χ1v) is 7.36. The Hall–Kier alpha value is -1.88. The number of carbonyl (C=O) groups is 2. The largest absolute Gasteiger partial charge is 0.480 e. The average molecular weight is 292 g/mol. The van der Waals surface area contributed by atoms with Crippen LogP contribution in [0.3, 0.4) is 0 Å². The van der Waals surface area contributed by atoms with Crippen molar-refractivity contribution in [3.63, 3.8) is 0 Å². The molecule has 5 heteroatoms. The summed E-state index contributed by atoms with van der Waals surface area (Å²) < 4.78 is 0. The average Bonchev–Trinajstić information content (AvgIpc) is 2.48. The molecule has 21 heavy (non-hydrogen) atoms. The Balaban J connectivity index is 2.78. The number of aliphatic carboxylic acids is 1. The van der Waals surface area contributed by atoms with Crippen LogP contribution in [0.2, 0.25) is 0 Å². The molecule has 116 valence electrons. The summed E-state index contributed by atoms with van der Waals surface area (Å²) in [6.45, 7) is 6.07. The first-order valence-electron chi connectivity index (χ1n) is 7.36. The van der Waals surface area contributed by atoms with E-state index in [0.717, 1.165) is 12.1 Å². The molecule has 0 heterocycles. The lowest BCUT2D eigenvalue weighted by atomic mass is 10.1. The molecular weight excluding hydrogens is 268 g/mol. The molecule has 2 N–H and O–H groups in total. The number of likely N-dealkylation sites (N-methyl/N-ethyl adjacent to an activating group) is 1. The summed E-state index contributed by atoms with van der Waals surface area (Å²) >= 11 is 0. The zero-order valence-electron chi connectivity index (χ0n) is 12.9. The fourth-order valence-electron chi connectivity index (χ4n) is 2.25. The van der Waals surface area contributed by atoms with Crippen molar-refractivity contribution in [2.24, 2.45) is 0 Å². The molecule has 0 bridgehead atoms. The van der Waals surface area contributed by atoms with Crippen LogP contribution in [0.5, 0.6) is 0 Å². The van der Waals surface area contributed by atoms with E-state index in [9.17, 15) is 9.59 Å². The van der Waals surface area contributed by atoms with Crippen LogP contribution in [0.1, 0.15) is 33.6 Å². The van der Waals surface area contributed by atoms with Crippen molar-refractivity contribution in [2.45, 2.75) is 45.7 Å². The maximum atomic E-state index is 12.5. The molecule has 0 saturated carbocycles. The van der Waals surface area contributed by atoms with Gasteiger partial charge in [-0.25, -0.2) is 0 Å². The smallest absolute Gasteiger partial charge is 0.320 e. The van der Waals surface area contributed by atoms with Gasteiger partial charge in [0.25, 0.3) is 0 Å². The third-order valence-electron chi connectivity index (χ3n) is 3.35. The molecule has 1 rings (SSSR count). The second kappa shape index (κ2) is 8.42. The number of nitrogens with zero attached hydrogens (tertiary/aromatic N) is 1. The van der Waals surface area contributed by atoms with Crippen LogP contribution >= 0.6 is 0 Å². The zero-order chi connectivity index (χ0) is 15.8. The van der Waals surface area contributed by atoms with E-state index in [1.165, 1.54) is 0 Å². The van der Waals surface area contributed by atoms with Crippen molar-refractivity contribution in [1.29, 1.82) is 0 Å². The van der Waals surface area contributed by atoms with E-state index < -0.39 is 18.1 Å². The van der Waals surface area contributed by atoms with Gasteiger partial charge in [-0.3, -0.25) is 14.9 Å². The Morgan fingerprint density at radius 1 is 1.24 bits per heavy atom. The van der Waals surface area contributed by atoms with Gasteiger partial charge >= 0.3 is 5.97 Å². The van der Waals surface area contributed by atoms with Crippen LogP contribution in [0.4, 0.5) is 5.69 Å². The van der Waals surface area contributed by atoms with Gasteiger partial charge in [-0.05, 0) is 32.4 Å². The summed E-state index contributed by atoms with van der Waals surface area (Å²) in [5, 5.41) is 12.1. The van der Waals surface area contributed by atoms with Gasteiger partial charge in [0.1, 0.15) is 6.04 Å². The number of anilines is 1. The summed E-state index contributed by atoms with van der Waals surface area (Å²) in [6.07, 6.45) is 1.26. The predicted octanol–water partition coefficient (Wildman–Crippen LogP) is 2.27. The molecule has 0 aliphatic carbocycles. The number of carbonyl (C=O) groups excluding carboxylic acids is 1. The molecule has 5 nitrogen and oxygen atoms in total. The lowest BCUT2D eigenvalue weighted by Gasteiger charge is -2.27. The van der Waals surface area contributed by atoms with Crippen LogP contribution in [0.15, 0.2) is 30.3 Å². The second-order valence-electron chi connectivity index (χ2n) is 4.99. The Kier molecular flexibility index (Phi) is 6.88. The number of hydrogen-bond acceptors (Lipinski definition) is 3. The Labute approximate surface area is 126 Å². The maximum absolute atomic E-state index is 12.5. The molecular formula is C16H24N2O3. The van der Waals surface area contributed by atoms with E-state index in [1.54, 1.807) is 11.8 Å². The normalized spacial score (nSPS) is 13.5. The Morgan fingerprint density at radius 3 is 2.33 bits per heavy atom. The van der Waals surface area contributed by atoms with Gasteiger partial charge in [0.15, 0.2) is 0 Å². The molecule has 1 aromatic carbocycles. The van der Waals surface area contributed by atoms with E-state index in [4.69, 9.17) is 5.11 Å². The van der Waals surface area contributed by atoms with Crippen LogP contribution in [0, 0.1) is 0 Å². The highest BCUT2D eigenvalue weighted by molar-refractivity contribution is 5.97. The van der Waals surface area contributed by atoms with E-state index in [0.29, 0.717) is 13.0 Å². The van der Waals surface area contributed by atoms with E-state index in [-0.39, 0.29) is 5.91 Å². The fraction of sp³-hybridized carbons (Fsp3) is 0.500. The standard InChI is InChI=1S/C16H24N2O3/c1-4-9-14(16(20)21)17-12(3)15(19)18(5-2)13-10-7-6-8-11-13/h6-8,10-12,14,17H,4-5,9H2,1-3H3,(H,20,21). The minimum Gasteiger partial charge on any atom is -0.480 e. The highest BCUT2D eigenvalue weighted by Crippen LogP contribution is 2.14. The van der Waals surface area contributed by atoms with Crippen molar-refractivity contribution in [3.8, 4) is 0 Å². The molecule has 0 aromatic heterocycles. The number of nitrogens with one attached hydrogen (secondary N) is 1. The van der Waals surface area contributed by atoms with Gasteiger partial charge in [-0.15, -0.1) is 0 Å². The first-order chi connectivity index (χ1) is 10.0. The van der Waals surface area contributed by atoms with Gasteiger partial charge in [-0.1, -0.05) is 31.5 Å². The molecule has 2 unspecified atom stereocenters. The molecule has 0 aliphatic heterocycles. The summed E-state index contributed by atoms with van der Waals surface area (Å²) in [4.78, 5) is 25.3. The molecule has 2 atom stereocenters. The third-order valence-corrected chi connectivity index (χ3v) is 3.35. The molecule has 0 spiro atoms. The summed E-state index contributed by atoms with van der Waals surface area (Å²) in [5.41, 5.74) is 0.820. The SMILES string of the molecule is CCCC(NC(C)C(=O)N(CC)c1ccccc1)C(=O)O. The molecule has 1 amide bonds. The van der Waals surface area contributed by atoms with Crippen LogP contribution in [0.25, 0.3) is 0 Å². The maximum Gasteiger partial charge on any atom is 0.320 e. The number of para-hydroxylation sites is 1. The number of benzene rings is 1.